The Balaban J connectivity index is 1.43. The first-order chi connectivity index (χ1) is 22.2. The van der Waals surface area contributed by atoms with Crippen LogP contribution in [-0.4, -0.2) is 77.0 Å². The number of nitrogens with zero attached hydrogens (tertiary/aromatic N) is 3. The third-order valence-electron chi connectivity index (χ3n) is 7.89. The third kappa shape index (κ3) is 6.97. The molecule has 0 bridgehead atoms. The molecule has 2 fully saturated rings. The van der Waals surface area contributed by atoms with Crippen LogP contribution >= 0.6 is 7.60 Å². The summed E-state index contributed by atoms with van der Waals surface area (Å²) in [5.41, 5.74) is -3.53. The number of aliphatic hydroxyl groups excluding tert-OH is 3. The Hall–Kier alpha value is -4.07. The number of aryl methyl sites for hydroxylation is 2. The Morgan fingerprint density at radius 3 is 2.13 bits per heavy atom. The second kappa shape index (κ2) is 13.6. The van der Waals surface area contributed by atoms with E-state index in [0.29, 0.717) is 0 Å². The quantitative estimate of drug-likeness (QED) is 0.0999. The molecule has 0 amide bonds. The molecule has 5 rings (SSSR count). The van der Waals surface area contributed by atoms with Crippen molar-refractivity contribution in [2.24, 2.45) is 0 Å². The van der Waals surface area contributed by atoms with Gasteiger partial charge < -0.3 is 33.8 Å². The Labute approximate surface area is 263 Å². The van der Waals surface area contributed by atoms with Crippen LogP contribution in [0.1, 0.15) is 47.8 Å². The smallest absolute Gasteiger partial charge is 0.364 e. The minimum absolute atomic E-state index is 0.143. The van der Waals surface area contributed by atoms with E-state index in [1.807, 2.05) is 0 Å². The predicted molar refractivity (Wildman–Crippen MR) is 159 cm³/mol. The predicted octanol–water partition coefficient (Wildman–Crippen LogP) is -0.174. The lowest BCUT2D eigenvalue weighted by Gasteiger charge is -2.28. The van der Waals surface area contributed by atoms with Crippen LogP contribution in [0.25, 0.3) is 0 Å². The molecule has 0 saturated carbocycles. The molecule has 8 atom stereocenters. The number of hydrogen-bond donors (Lipinski definition) is 5. The van der Waals surface area contributed by atoms with Crippen LogP contribution in [0.5, 0.6) is 0 Å². The molecule has 0 radical (unpaired) electrons. The highest BCUT2D eigenvalue weighted by atomic mass is 31.2. The zero-order valence-electron chi connectivity index (χ0n) is 25.0. The highest BCUT2D eigenvalue weighted by Crippen LogP contribution is 2.63. The minimum Gasteiger partial charge on any atom is -0.394 e. The molecule has 2 aliphatic heterocycles. The van der Waals surface area contributed by atoms with Gasteiger partial charge in [-0.3, -0.25) is 43.4 Å². The van der Waals surface area contributed by atoms with Gasteiger partial charge in [0.05, 0.1) is 29.8 Å². The number of benzene rings is 1. The van der Waals surface area contributed by atoms with E-state index in [0.717, 1.165) is 21.3 Å². The Morgan fingerprint density at radius 1 is 1.00 bits per heavy atom. The summed E-state index contributed by atoms with van der Waals surface area (Å²) in [6.07, 6.45) is -5.21. The first-order valence-corrected chi connectivity index (χ1v) is 15.9. The zero-order valence-corrected chi connectivity index (χ0v) is 25.8. The van der Waals surface area contributed by atoms with Gasteiger partial charge in [0.25, 0.3) is 16.8 Å². The lowest BCUT2D eigenvalue weighted by Crippen LogP contribution is -2.33. The molecule has 3 aromatic rings. The summed E-state index contributed by atoms with van der Waals surface area (Å²) in [6.45, 7) is 1.50. The van der Waals surface area contributed by atoms with E-state index in [2.05, 4.69) is 9.97 Å². The number of aromatic amines is 2. The summed E-state index contributed by atoms with van der Waals surface area (Å²) in [7, 11) is -4.93. The second-order valence-corrected chi connectivity index (χ2v) is 13.1. The van der Waals surface area contributed by atoms with Crippen molar-refractivity contribution in [2.45, 2.75) is 69.4 Å². The van der Waals surface area contributed by atoms with Gasteiger partial charge in [0.1, 0.15) is 30.8 Å². The van der Waals surface area contributed by atoms with E-state index in [-0.39, 0.29) is 24.0 Å². The standard InChI is InChI=1S/C27H32N5O14P/c1-13-9-30(26(38)28-23(13)35)21-7-17(34)20(45-21)12-43-47(42,25(37)15-5-3-4-6-16(15)32(40)41)46-18-8-22(44-19(18)11-33)31-10-14(2)24(36)29-27(31)39/h3-6,9-10,17-22,25,33-34,37H,7-8,11-12H2,1-2H3,(H,28,35,38)(H,29,36,39)/t17-,18-,19+,20+,21+,22+,25?,47?/m0/s1. The van der Waals surface area contributed by atoms with Crippen molar-refractivity contribution in [3.63, 3.8) is 0 Å². The molecule has 0 spiro atoms. The number of nitro benzene ring substituents is 1. The highest BCUT2D eigenvalue weighted by Gasteiger charge is 2.48. The van der Waals surface area contributed by atoms with Gasteiger partial charge in [-0.25, -0.2) is 9.59 Å². The highest BCUT2D eigenvalue weighted by molar-refractivity contribution is 7.54. The third-order valence-corrected chi connectivity index (χ3v) is 9.84. The summed E-state index contributed by atoms with van der Waals surface area (Å²) in [5, 5.41) is 43.8. The maximum atomic E-state index is 14.5. The van der Waals surface area contributed by atoms with Gasteiger partial charge in [-0.2, -0.15) is 0 Å². The van der Waals surface area contributed by atoms with Crippen molar-refractivity contribution in [3.8, 4) is 0 Å². The molecular weight excluding hydrogens is 649 g/mol. The largest absolute Gasteiger partial charge is 0.394 e. The number of rotatable bonds is 11. The number of nitro groups is 1. The van der Waals surface area contributed by atoms with Crippen LogP contribution in [0.4, 0.5) is 5.69 Å². The van der Waals surface area contributed by atoms with Crippen LogP contribution in [0.2, 0.25) is 0 Å². The SMILES string of the molecule is Cc1cn([C@H]2C[C@H](OP(=O)(OC[C@H]3O[C@@H](n4cc(C)c(=O)[nH]c4=O)C[C@@H]3O)C(O)c3ccccc3[N+](=O)[O-])[C@@H](CO)O2)c(=O)[nH]c1=O. The summed E-state index contributed by atoms with van der Waals surface area (Å²) in [6, 6.07) is 4.89. The molecule has 2 saturated heterocycles. The van der Waals surface area contributed by atoms with Crippen molar-refractivity contribution < 1.29 is 43.3 Å². The molecule has 1 aromatic carbocycles. The molecule has 47 heavy (non-hydrogen) atoms. The first-order valence-electron chi connectivity index (χ1n) is 14.3. The van der Waals surface area contributed by atoms with Gasteiger partial charge in [0.2, 0.25) is 0 Å². The maximum Gasteiger partial charge on any atom is 0.364 e. The zero-order chi connectivity index (χ0) is 34.2. The van der Waals surface area contributed by atoms with Gasteiger partial charge in [0, 0.05) is 42.4 Å². The fraction of sp³-hybridized carbons (Fsp3) is 0.481. The van der Waals surface area contributed by atoms with Gasteiger partial charge in [-0.15, -0.1) is 0 Å². The van der Waals surface area contributed by atoms with Crippen LogP contribution in [-0.2, 0) is 23.1 Å². The molecule has 5 N–H and O–H groups in total. The molecule has 20 heteroatoms. The van der Waals surface area contributed by atoms with Crippen molar-refractivity contribution in [3.05, 3.63) is 105 Å². The summed E-state index contributed by atoms with van der Waals surface area (Å²) in [4.78, 5) is 63.7. The number of aliphatic hydroxyl groups is 3. The molecule has 4 heterocycles. The fourth-order valence-electron chi connectivity index (χ4n) is 5.35. The molecule has 2 aliphatic rings. The number of para-hydroxylation sites is 1. The van der Waals surface area contributed by atoms with E-state index in [1.165, 1.54) is 38.4 Å². The van der Waals surface area contributed by atoms with Crippen molar-refractivity contribution in [2.75, 3.05) is 13.2 Å². The second-order valence-electron chi connectivity index (χ2n) is 11.1. The van der Waals surface area contributed by atoms with E-state index in [1.54, 1.807) is 0 Å². The van der Waals surface area contributed by atoms with E-state index in [9.17, 15) is 49.2 Å². The Bertz CT molecular complexity index is 1940. The monoisotopic (exact) mass is 681 g/mol. The average molecular weight is 682 g/mol. The molecular formula is C27H32N5O14P. The molecule has 0 aliphatic carbocycles. The Morgan fingerprint density at radius 2 is 1.55 bits per heavy atom. The summed E-state index contributed by atoms with van der Waals surface area (Å²) in [5.74, 6) is -2.26. The lowest BCUT2D eigenvalue weighted by molar-refractivity contribution is -0.386. The molecule has 254 valence electrons. The average Bonchev–Trinajstić information content (AvgIpc) is 3.61. The van der Waals surface area contributed by atoms with Gasteiger partial charge in [0.15, 0.2) is 5.85 Å². The maximum absolute atomic E-state index is 14.5. The topological polar surface area (TPSA) is 268 Å². The van der Waals surface area contributed by atoms with Crippen molar-refractivity contribution in [1.82, 2.24) is 19.1 Å². The van der Waals surface area contributed by atoms with Crippen LogP contribution in [0, 0.1) is 24.0 Å². The van der Waals surface area contributed by atoms with Crippen molar-refractivity contribution >= 4 is 13.3 Å². The normalized spacial score (nSPS) is 26.2. The number of H-pyrrole nitrogens is 2. The lowest BCUT2D eigenvalue weighted by atomic mass is 10.2. The summed E-state index contributed by atoms with van der Waals surface area (Å²) < 4.78 is 39.5. The summed E-state index contributed by atoms with van der Waals surface area (Å²) >= 11 is 0. The van der Waals surface area contributed by atoms with Gasteiger partial charge in [-0.05, 0) is 19.9 Å². The number of aromatic nitrogens is 4. The molecule has 19 nitrogen and oxygen atoms in total. The van der Waals surface area contributed by atoms with Crippen LogP contribution in [0.15, 0.2) is 55.8 Å². The van der Waals surface area contributed by atoms with Gasteiger partial charge >= 0.3 is 19.0 Å². The molecule has 2 unspecified atom stereocenters. The minimum atomic E-state index is -4.93. The van der Waals surface area contributed by atoms with E-state index >= 15 is 0 Å². The molecule has 2 aromatic heterocycles. The number of nitrogens with one attached hydrogen (secondary N) is 2. The fourth-order valence-corrected chi connectivity index (χ4v) is 7.18. The van der Waals surface area contributed by atoms with Crippen LogP contribution < -0.4 is 22.5 Å². The van der Waals surface area contributed by atoms with E-state index < -0.39 is 102 Å². The van der Waals surface area contributed by atoms with Gasteiger partial charge in [-0.1, -0.05) is 12.1 Å². The van der Waals surface area contributed by atoms with Crippen LogP contribution in [0.3, 0.4) is 0 Å². The van der Waals surface area contributed by atoms with E-state index in [4.69, 9.17) is 18.5 Å². The Kier molecular flexibility index (Phi) is 9.90. The number of ether oxygens (including phenoxy) is 2. The first kappa shape index (κ1) is 34.3. The van der Waals surface area contributed by atoms with Crippen molar-refractivity contribution in [1.29, 1.82) is 0 Å². The number of hydrogen-bond acceptors (Lipinski definition) is 14.